The molecule has 0 aliphatic carbocycles. The lowest BCUT2D eigenvalue weighted by molar-refractivity contribution is -0.302. The lowest BCUT2D eigenvalue weighted by Crippen LogP contribution is -2.60. The Bertz CT molecular complexity index is 1260. The van der Waals surface area contributed by atoms with Gasteiger partial charge >= 0.3 is 5.97 Å². The standard InChI is InChI=1S/C62H117NO10/c1-3-5-7-9-11-13-15-29-32-36-40-44-48-55(65)54(53-72-62-61(70)60(69)59(68)56(52-64)73-62)63-57(66)49-45-41-37-33-30-26-24-22-20-18-16-17-19-21-23-25-27-31-35-39-43-47-51-71-58(67)50-46-42-38-34-28-14-12-10-8-6-4-2/h18,20,44,48,54-56,59-62,64-65,68-70H,3-17,19,21-43,45-47,49-53H2,1-2H3,(H,63,66)/b20-18-,48-44+. The molecule has 1 aliphatic rings. The number of amides is 1. The van der Waals surface area contributed by atoms with Gasteiger partial charge in [0.15, 0.2) is 6.29 Å². The van der Waals surface area contributed by atoms with Crippen LogP contribution in [0.25, 0.3) is 0 Å². The number of esters is 1. The molecule has 0 aromatic carbocycles. The molecule has 7 atom stereocenters. The van der Waals surface area contributed by atoms with Crippen molar-refractivity contribution in [3.8, 4) is 0 Å². The number of hydrogen-bond donors (Lipinski definition) is 6. The molecule has 1 amide bonds. The Kier molecular flexibility index (Phi) is 49.5. The third kappa shape index (κ3) is 41.9. The van der Waals surface area contributed by atoms with Gasteiger partial charge < -0.3 is 45.1 Å². The van der Waals surface area contributed by atoms with E-state index in [2.05, 4.69) is 31.3 Å². The minimum absolute atomic E-state index is 0.00262. The summed E-state index contributed by atoms with van der Waals surface area (Å²) in [5.41, 5.74) is 0. The number of nitrogens with one attached hydrogen (secondary N) is 1. The fraction of sp³-hybridized carbons (Fsp3) is 0.903. The van der Waals surface area contributed by atoms with E-state index in [0.717, 1.165) is 70.6 Å². The van der Waals surface area contributed by atoms with Crippen LogP contribution in [0.15, 0.2) is 24.3 Å². The van der Waals surface area contributed by atoms with E-state index in [-0.39, 0.29) is 18.5 Å². The third-order valence-corrected chi connectivity index (χ3v) is 14.8. The first-order valence-corrected chi connectivity index (χ1v) is 31.1. The van der Waals surface area contributed by atoms with Crippen LogP contribution in [0.2, 0.25) is 0 Å². The van der Waals surface area contributed by atoms with Gasteiger partial charge in [0.1, 0.15) is 24.4 Å². The number of rotatable bonds is 54. The molecule has 1 aliphatic heterocycles. The van der Waals surface area contributed by atoms with Crippen molar-refractivity contribution in [2.75, 3.05) is 19.8 Å². The summed E-state index contributed by atoms with van der Waals surface area (Å²) in [5.74, 6) is -0.191. The zero-order chi connectivity index (χ0) is 53.1. The van der Waals surface area contributed by atoms with Crippen LogP contribution in [0.4, 0.5) is 0 Å². The number of hydrogen-bond acceptors (Lipinski definition) is 10. The summed E-state index contributed by atoms with van der Waals surface area (Å²) in [6, 6.07) is -0.814. The average Bonchev–Trinajstić information content (AvgIpc) is 3.39. The van der Waals surface area contributed by atoms with Crippen molar-refractivity contribution in [3.63, 3.8) is 0 Å². The Hall–Kier alpha value is -1.86. The smallest absolute Gasteiger partial charge is 0.305 e. The van der Waals surface area contributed by atoms with E-state index in [9.17, 15) is 35.1 Å². The second-order valence-electron chi connectivity index (χ2n) is 21.8. The highest BCUT2D eigenvalue weighted by atomic mass is 16.7. The number of carbonyl (C=O) groups is 2. The van der Waals surface area contributed by atoms with Gasteiger partial charge in [-0.1, -0.05) is 250 Å². The number of unbranched alkanes of at least 4 members (excludes halogenated alkanes) is 38. The van der Waals surface area contributed by atoms with Gasteiger partial charge in [0.2, 0.25) is 5.91 Å². The van der Waals surface area contributed by atoms with Crippen molar-refractivity contribution < 1.29 is 49.3 Å². The van der Waals surface area contributed by atoms with Crippen LogP contribution < -0.4 is 5.32 Å². The summed E-state index contributed by atoms with van der Waals surface area (Å²) in [5, 5.41) is 54.4. The fourth-order valence-corrected chi connectivity index (χ4v) is 9.84. The molecule has 0 bridgehead atoms. The molecule has 0 saturated carbocycles. The Morgan fingerprint density at radius 2 is 0.877 bits per heavy atom. The Labute approximate surface area is 448 Å². The molecule has 0 radical (unpaired) electrons. The van der Waals surface area contributed by atoms with E-state index in [0.29, 0.717) is 19.4 Å². The molecular weight excluding hydrogens is 919 g/mol. The van der Waals surface area contributed by atoms with Crippen LogP contribution in [0.5, 0.6) is 0 Å². The maximum absolute atomic E-state index is 13.0. The minimum atomic E-state index is -1.57. The molecule has 430 valence electrons. The van der Waals surface area contributed by atoms with Gasteiger partial charge in [0, 0.05) is 12.8 Å². The number of aliphatic hydroxyl groups is 5. The topological polar surface area (TPSA) is 175 Å². The number of carbonyl (C=O) groups excluding carboxylic acids is 2. The van der Waals surface area contributed by atoms with E-state index in [1.54, 1.807) is 6.08 Å². The van der Waals surface area contributed by atoms with E-state index >= 15 is 0 Å². The van der Waals surface area contributed by atoms with Crippen molar-refractivity contribution in [3.05, 3.63) is 24.3 Å². The van der Waals surface area contributed by atoms with Crippen LogP contribution in [0, 0.1) is 0 Å². The van der Waals surface area contributed by atoms with Gasteiger partial charge in [0.05, 0.1) is 32.0 Å². The first-order chi connectivity index (χ1) is 35.7. The highest BCUT2D eigenvalue weighted by Gasteiger charge is 2.44. The molecule has 0 spiro atoms. The lowest BCUT2D eigenvalue weighted by Gasteiger charge is -2.40. The van der Waals surface area contributed by atoms with Gasteiger partial charge in [-0.25, -0.2) is 0 Å². The Morgan fingerprint density at radius 3 is 1.32 bits per heavy atom. The molecule has 1 heterocycles. The molecule has 11 heteroatoms. The van der Waals surface area contributed by atoms with Crippen LogP contribution in [0.3, 0.4) is 0 Å². The number of ether oxygens (including phenoxy) is 3. The van der Waals surface area contributed by atoms with Gasteiger partial charge in [-0.2, -0.15) is 0 Å². The van der Waals surface area contributed by atoms with Crippen molar-refractivity contribution in [2.24, 2.45) is 0 Å². The summed E-state index contributed by atoms with van der Waals surface area (Å²) in [4.78, 5) is 25.0. The molecule has 6 N–H and O–H groups in total. The quantitative estimate of drug-likeness (QED) is 0.0195. The second kappa shape index (κ2) is 52.2. The summed E-state index contributed by atoms with van der Waals surface area (Å²) in [6.07, 6.45) is 52.7. The van der Waals surface area contributed by atoms with Crippen molar-refractivity contribution in [1.29, 1.82) is 0 Å². The first kappa shape index (κ1) is 69.2. The average molecular weight is 1040 g/mol. The van der Waals surface area contributed by atoms with Crippen LogP contribution in [-0.4, -0.2) is 100 Å². The summed E-state index contributed by atoms with van der Waals surface area (Å²) >= 11 is 0. The molecule has 1 saturated heterocycles. The third-order valence-electron chi connectivity index (χ3n) is 14.8. The number of allylic oxidation sites excluding steroid dienone is 3. The van der Waals surface area contributed by atoms with Crippen LogP contribution in [0.1, 0.15) is 296 Å². The van der Waals surface area contributed by atoms with Gasteiger partial charge in [0.25, 0.3) is 0 Å². The van der Waals surface area contributed by atoms with Gasteiger partial charge in [-0.05, 0) is 57.8 Å². The number of aliphatic hydroxyl groups excluding tert-OH is 5. The van der Waals surface area contributed by atoms with Crippen molar-refractivity contribution >= 4 is 11.9 Å². The highest BCUT2D eigenvalue weighted by molar-refractivity contribution is 5.76. The monoisotopic (exact) mass is 1040 g/mol. The molecule has 0 aromatic rings. The fourth-order valence-electron chi connectivity index (χ4n) is 9.84. The summed E-state index contributed by atoms with van der Waals surface area (Å²) in [6.45, 7) is 4.34. The van der Waals surface area contributed by atoms with Crippen molar-refractivity contribution in [2.45, 2.75) is 339 Å². The Morgan fingerprint density at radius 1 is 0.493 bits per heavy atom. The second-order valence-corrected chi connectivity index (χ2v) is 21.8. The molecule has 1 rings (SSSR count). The van der Waals surface area contributed by atoms with E-state index in [4.69, 9.17) is 14.2 Å². The zero-order valence-electron chi connectivity index (χ0n) is 47.4. The normalized spacial score (nSPS) is 19.0. The van der Waals surface area contributed by atoms with Gasteiger partial charge in [-0.3, -0.25) is 9.59 Å². The van der Waals surface area contributed by atoms with Crippen LogP contribution >= 0.6 is 0 Å². The predicted octanol–water partition coefficient (Wildman–Crippen LogP) is 14.5. The SMILES string of the molecule is CCCCCCCCCCCC/C=C/C(O)C(COC1OC(CO)C(O)C(O)C1O)NC(=O)CCCCCCCCC/C=C\CCCCCCCCCCCCCOC(=O)CCCCCCCCCCCCC. The van der Waals surface area contributed by atoms with Gasteiger partial charge in [-0.15, -0.1) is 0 Å². The van der Waals surface area contributed by atoms with E-state index in [1.807, 2.05) is 6.08 Å². The molecule has 73 heavy (non-hydrogen) atoms. The Balaban J connectivity index is 2.06. The maximum atomic E-state index is 13.0. The lowest BCUT2D eigenvalue weighted by atomic mass is 9.99. The summed E-state index contributed by atoms with van der Waals surface area (Å²) < 4.78 is 16.7. The predicted molar refractivity (Wildman–Crippen MR) is 301 cm³/mol. The zero-order valence-corrected chi connectivity index (χ0v) is 47.4. The minimum Gasteiger partial charge on any atom is -0.466 e. The molecule has 1 fully saturated rings. The molecule has 11 nitrogen and oxygen atoms in total. The van der Waals surface area contributed by atoms with E-state index in [1.165, 1.54) is 199 Å². The van der Waals surface area contributed by atoms with Crippen molar-refractivity contribution in [1.82, 2.24) is 5.32 Å². The summed E-state index contributed by atoms with van der Waals surface area (Å²) in [7, 11) is 0. The highest BCUT2D eigenvalue weighted by Crippen LogP contribution is 2.23. The first-order valence-electron chi connectivity index (χ1n) is 31.1. The molecule has 7 unspecified atom stereocenters. The largest absolute Gasteiger partial charge is 0.466 e. The molecule has 0 aromatic heterocycles. The van der Waals surface area contributed by atoms with Crippen LogP contribution in [-0.2, 0) is 23.8 Å². The molecular formula is C62H117NO10. The maximum Gasteiger partial charge on any atom is 0.305 e. The van der Waals surface area contributed by atoms with E-state index < -0.39 is 49.5 Å².